The second-order valence-corrected chi connectivity index (χ2v) is 14.0. The van der Waals surface area contributed by atoms with E-state index in [0.717, 1.165) is 32.5 Å². The molecule has 2 aliphatic rings. The molecule has 10 nitrogen and oxygen atoms in total. The van der Waals surface area contributed by atoms with E-state index in [2.05, 4.69) is 10.5 Å². The Hall–Kier alpha value is -2.83. The van der Waals surface area contributed by atoms with Crippen molar-refractivity contribution in [3.05, 3.63) is 64.5 Å². The number of aryl methyl sites for hydroxylation is 1. The third kappa shape index (κ3) is 7.92. The Morgan fingerprint density at radius 1 is 1.05 bits per heavy atom. The van der Waals surface area contributed by atoms with Crippen molar-refractivity contribution in [1.29, 1.82) is 0 Å². The molecule has 0 aromatic heterocycles. The molecule has 2 aromatic rings. The van der Waals surface area contributed by atoms with Crippen LogP contribution < -0.4 is 31.8 Å². The molecule has 41 heavy (non-hydrogen) atoms. The van der Waals surface area contributed by atoms with E-state index in [1.54, 1.807) is 4.90 Å². The van der Waals surface area contributed by atoms with Crippen LogP contribution in [0.1, 0.15) is 40.4 Å². The number of amides is 2. The predicted octanol–water partition coefficient (Wildman–Crippen LogP) is -0.891. The van der Waals surface area contributed by atoms with E-state index < -0.39 is 38.4 Å². The average molecular weight is 712 g/mol. The quantitative estimate of drug-likeness (QED) is 0.166. The minimum atomic E-state index is -4.50. The van der Waals surface area contributed by atoms with E-state index in [4.69, 9.17) is 5.14 Å². The average Bonchev–Trinajstić information content (AvgIpc) is 2.90. The van der Waals surface area contributed by atoms with Crippen molar-refractivity contribution >= 4 is 25.6 Å². The number of benzene rings is 2. The third-order valence-corrected chi connectivity index (χ3v) is 9.61. The summed E-state index contributed by atoms with van der Waals surface area (Å²) in [6.07, 6.45) is -4.21. The fraction of sp³-hybridized carbons (Fsp3) is 0.400. The molecule has 0 atom stereocenters. The van der Waals surface area contributed by atoms with Crippen molar-refractivity contribution in [1.82, 2.24) is 20.3 Å². The van der Waals surface area contributed by atoms with Crippen LogP contribution in [0.25, 0.3) is 0 Å². The van der Waals surface area contributed by atoms with Gasteiger partial charge in [-0.2, -0.15) is 0 Å². The van der Waals surface area contributed by atoms with E-state index in [1.807, 2.05) is 6.92 Å². The zero-order valence-electron chi connectivity index (χ0n) is 21.9. The normalized spacial score (nSPS) is 16.7. The van der Waals surface area contributed by atoms with Gasteiger partial charge in [0.1, 0.15) is 10.7 Å². The molecule has 4 rings (SSSR count). The predicted molar refractivity (Wildman–Crippen MR) is 137 cm³/mol. The first-order chi connectivity index (χ1) is 19.2. The summed E-state index contributed by atoms with van der Waals surface area (Å²) in [6.45, 7) is 2.80. The maximum absolute atomic E-state index is 14.2. The summed E-state index contributed by atoms with van der Waals surface area (Å²) < 4.78 is 78.8. The number of hydrazine groups is 1. The second kappa shape index (κ2) is 12.6. The topological polar surface area (TPSA) is 128 Å². The molecule has 224 valence electrons. The second-order valence-electron chi connectivity index (χ2n) is 9.42. The number of halogens is 5. The molecule has 0 radical (unpaired) electrons. The van der Waals surface area contributed by atoms with Gasteiger partial charge in [0.15, 0.2) is 0 Å². The van der Waals surface area contributed by atoms with Crippen LogP contribution in [-0.4, -0.2) is 69.6 Å². The molecular weight excluding hydrogens is 683 g/mol. The molecule has 0 bridgehead atoms. The number of hydrazone groups is 1. The van der Waals surface area contributed by atoms with Crippen LogP contribution in [0.2, 0.25) is 0 Å². The Balaban J connectivity index is 1.37. The van der Waals surface area contributed by atoms with Crippen LogP contribution >= 0.6 is 0 Å². The minimum absolute atomic E-state index is 0.0471. The van der Waals surface area contributed by atoms with E-state index in [9.17, 15) is 35.6 Å². The van der Waals surface area contributed by atoms with Crippen LogP contribution in [0.3, 0.4) is 0 Å². The molecule has 1 saturated heterocycles. The molecular formula is C25H28F4IN6O4S-. The van der Waals surface area contributed by atoms with E-state index in [0.29, 0.717) is 11.1 Å². The molecule has 0 spiro atoms. The Morgan fingerprint density at radius 2 is 1.73 bits per heavy atom. The van der Waals surface area contributed by atoms with Crippen molar-refractivity contribution in [3.63, 3.8) is 0 Å². The number of carbonyl (C=O) groups excluding carboxylic acids is 2. The summed E-state index contributed by atoms with van der Waals surface area (Å²) in [4.78, 5) is 28.0. The van der Waals surface area contributed by atoms with Gasteiger partial charge in [0.25, 0.3) is 5.91 Å². The van der Waals surface area contributed by atoms with Crippen molar-refractivity contribution in [2.75, 3.05) is 30.7 Å². The Kier molecular flexibility index (Phi) is 9.55. The standard InChI is InChI=1S/C25H28F4IN6O4S/c1-16-30-15-32-36(33-16)14-19-12-20(25(27,28)29)5-2-17(19)4-7-23(37)34-8-10-35(11-9-34)24(38)18-3-6-22(21(26)13-18)41(31,39)40/h2-3,5-6,12-13,32H,4,7-11,14-15H2,1H3,(H2,31,39,40)/q-1. The number of hydrogen-bond donors (Lipinski definition) is 2. The van der Waals surface area contributed by atoms with Gasteiger partial charge in [-0.1, -0.05) is 0 Å². The van der Waals surface area contributed by atoms with Gasteiger partial charge in [-0.3, -0.25) is 4.79 Å². The van der Waals surface area contributed by atoms with Gasteiger partial charge in [-0.25, -0.2) is 17.9 Å². The molecule has 2 amide bonds. The van der Waals surface area contributed by atoms with E-state index >= 15 is 0 Å². The monoisotopic (exact) mass is 711 g/mol. The SMILES string of the molecule is CC1=NN(Cc2cc(C(F)(F)F)ccc2CCC(=O)N2CCN(C(=O)c3ccc(S(N)(=O)=O)c(F)c3)CC2)NC[I-]1. The molecule has 16 heteroatoms. The van der Waals surface area contributed by atoms with Gasteiger partial charge in [-0.05, 0) is 18.2 Å². The van der Waals surface area contributed by atoms with Crippen molar-refractivity contribution in [3.8, 4) is 0 Å². The molecule has 2 aliphatic heterocycles. The first-order valence-electron chi connectivity index (χ1n) is 12.5. The first kappa shape index (κ1) is 31.1. The number of rotatable bonds is 7. The number of nitrogens with one attached hydrogen (secondary N) is 1. The Labute approximate surface area is 244 Å². The van der Waals surface area contributed by atoms with Gasteiger partial charge >= 0.3 is 167 Å². The van der Waals surface area contributed by atoms with Crippen LogP contribution in [0.5, 0.6) is 0 Å². The van der Waals surface area contributed by atoms with Gasteiger partial charge in [0.05, 0.1) is 0 Å². The number of nitrogens with two attached hydrogens (primary N) is 1. The number of alkyl halides is 4. The number of piperazine rings is 1. The van der Waals surface area contributed by atoms with E-state index in [-0.39, 0.29) is 78.2 Å². The van der Waals surface area contributed by atoms with Gasteiger partial charge in [0.2, 0.25) is 10.0 Å². The van der Waals surface area contributed by atoms with Crippen molar-refractivity contribution in [2.24, 2.45) is 10.2 Å². The number of primary sulfonamides is 1. The fourth-order valence-corrected chi connectivity index (χ4v) is 6.59. The van der Waals surface area contributed by atoms with E-state index in [1.165, 1.54) is 22.2 Å². The van der Waals surface area contributed by atoms with Gasteiger partial charge in [-0.15, -0.1) is 0 Å². The number of sulfonamides is 1. The number of hydrogen-bond acceptors (Lipinski definition) is 7. The van der Waals surface area contributed by atoms with Crippen LogP contribution in [-0.2, 0) is 34.0 Å². The Bertz CT molecular complexity index is 1460. The molecule has 0 aliphatic carbocycles. The maximum atomic E-state index is 14.2. The van der Waals surface area contributed by atoms with Gasteiger partial charge in [0, 0.05) is 5.56 Å². The zero-order chi connectivity index (χ0) is 29.9. The third-order valence-electron chi connectivity index (χ3n) is 6.63. The summed E-state index contributed by atoms with van der Waals surface area (Å²) in [7, 11) is -4.27. The zero-order valence-corrected chi connectivity index (χ0v) is 24.9. The first-order valence-corrected chi connectivity index (χ1v) is 16.6. The number of nitrogens with zero attached hydrogens (tertiary/aromatic N) is 4. The van der Waals surface area contributed by atoms with Crippen LogP contribution in [0, 0.1) is 5.82 Å². The summed E-state index contributed by atoms with van der Waals surface area (Å²) in [5, 5.41) is 10.9. The summed E-state index contributed by atoms with van der Waals surface area (Å²) in [6, 6.07) is 6.43. The number of carbonyl (C=O) groups is 2. The Morgan fingerprint density at radius 3 is 2.34 bits per heavy atom. The van der Waals surface area contributed by atoms with Crippen LogP contribution in [0.15, 0.2) is 46.4 Å². The van der Waals surface area contributed by atoms with Crippen molar-refractivity contribution < 1.29 is 56.8 Å². The summed E-state index contributed by atoms with van der Waals surface area (Å²) in [5.41, 5.74) is 3.31. The molecule has 3 N–H and O–H groups in total. The fourth-order valence-electron chi connectivity index (χ4n) is 4.48. The van der Waals surface area contributed by atoms with Crippen LogP contribution in [0.4, 0.5) is 17.6 Å². The summed E-state index contributed by atoms with van der Waals surface area (Å²) in [5.74, 6) is -1.85. The van der Waals surface area contributed by atoms with Crippen molar-refractivity contribution in [2.45, 2.75) is 37.4 Å². The summed E-state index contributed by atoms with van der Waals surface area (Å²) >= 11 is -0.238. The molecule has 1 fully saturated rings. The molecule has 0 saturated carbocycles. The molecule has 0 unspecified atom stereocenters. The molecule has 2 aromatic carbocycles. The van der Waals surface area contributed by atoms with Gasteiger partial charge < -0.3 is 4.90 Å². The molecule has 2 heterocycles.